The molecule has 2 aliphatic heterocycles. The van der Waals surface area contributed by atoms with Crippen LogP contribution in [-0.2, 0) is 9.53 Å². The number of carbonyl (C=O) groups excluding carboxylic acids is 1. The van der Waals surface area contributed by atoms with Gasteiger partial charge in [-0.1, -0.05) is 0 Å². The number of hydrogen-bond acceptors (Lipinski definition) is 3. The van der Waals surface area contributed by atoms with Crippen molar-refractivity contribution in [2.75, 3.05) is 33.4 Å². The Morgan fingerprint density at radius 2 is 2.00 bits per heavy atom. The second-order valence-corrected chi connectivity index (χ2v) is 5.44. The molecule has 2 aliphatic rings. The molecular weight excluding hydrogens is 248 g/mol. The summed E-state index contributed by atoms with van der Waals surface area (Å²) in [6.07, 6.45) is 2.69. The van der Waals surface area contributed by atoms with E-state index in [0.717, 1.165) is 25.9 Å². The number of ether oxygens (including phenoxy) is 1. The van der Waals surface area contributed by atoms with Crippen LogP contribution in [0.4, 0.5) is 4.79 Å². The molecule has 0 radical (unpaired) electrons. The monoisotopic (exact) mass is 270 g/mol. The summed E-state index contributed by atoms with van der Waals surface area (Å²) >= 11 is 0. The number of urea groups is 1. The lowest BCUT2D eigenvalue weighted by Crippen LogP contribution is -2.49. The average molecular weight is 270 g/mol. The highest BCUT2D eigenvalue weighted by Gasteiger charge is 2.30. The number of amides is 2. The quantitative estimate of drug-likeness (QED) is 0.831. The van der Waals surface area contributed by atoms with Crippen LogP contribution in [0.5, 0.6) is 0 Å². The third-order valence-electron chi connectivity index (χ3n) is 4.10. The van der Waals surface area contributed by atoms with Crippen molar-refractivity contribution < 1.29 is 19.4 Å². The van der Waals surface area contributed by atoms with Crippen molar-refractivity contribution in [2.24, 2.45) is 5.92 Å². The zero-order chi connectivity index (χ0) is 13.8. The minimum Gasteiger partial charge on any atom is -0.481 e. The Morgan fingerprint density at radius 3 is 2.53 bits per heavy atom. The van der Waals surface area contributed by atoms with Gasteiger partial charge in [-0.3, -0.25) is 4.79 Å². The van der Waals surface area contributed by atoms with Crippen molar-refractivity contribution >= 4 is 12.0 Å². The number of carboxylic acids is 1. The van der Waals surface area contributed by atoms with Crippen LogP contribution < -0.4 is 0 Å². The fourth-order valence-corrected chi connectivity index (χ4v) is 2.78. The van der Waals surface area contributed by atoms with E-state index in [1.165, 1.54) is 0 Å². The summed E-state index contributed by atoms with van der Waals surface area (Å²) < 4.78 is 5.30. The summed E-state index contributed by atoms with van der Waals surface area (Å²) in [5.74, 6) is -0.535. The van der Waals surface area contributed by atoms with Crippen LogP contribution in [0.15, 0.2) is 0 Å². The van der Waals surface area contributed by atoms with E-state index in [1.54, 1.807) is 4.90 Å². The normalized spacial score (nSPS) is 24.5. The predicted molar refractivity (Wildman–Crippen MR) is 68.9 cm³/mol. The highest BCUT2D eigenvalue weighted by molar-refractivity contribution is 5.74. The Hall–Kier alpha value is -1.30. The fourth-order valence-electron chi connectivity index (χ4n) is 2.78. The first-order chi connectivity index (χ1) is 9.08. The van der Waals surface area contributed by atoms with E-state index in [0.29, 0.717) is 19.7 Å². The maximum absolute atomic E-state index is 12.3. The molecule has 1 N–H and O–H groups in total. The number of nitrogens with zero attached hydrogens (tertiary/aromatic N) is 2. The van der Waals surface area contributed by atoms with Crippen LogP contribution in [0, 0.1) is 5.92 Å². The Bertz CT molecular complexity index is 334. The van der Waals surface area contributed by atoms with E-state index in [9.17, 15) is 9.59 Å². The number of hydrogen-bond donors (Lipinski definition) is 1. The number of likely N-dealkylation sites (tertiary alicyclic amines) is 1. The lowest BCUT2D eigenvalue weighted by molar-refractivity contribution is -0.138. The topological polar surface area (TPSA) is 70.1 Å². The van der Waals surface area contributed by atoms with E-state index >= 15 is 0 Å². The molecular formula is C13H22N2O4. The van der Waals surface area contributed by atoms with E-state index in [4.69, 9.17) is 9.84 Å². The van der Waals surface area contributed by atoms with Crippen molar-refractivity contribution in [1.82, 2.24) is 9.80 Å². The zero-order valence-electron chi connectivity index (χ0n) is 11.4. The Balaban J connectivity index is 1.80. The number of carboxylic acid groups (broad SMARTS) is 1. The number of piperidine rings is 1. The van der Waals surface area contributed by atoms with Crippen LogP contribution >= 0.6 is 0 Å². The van der Waals surface area contributed by atoms with Gasteiger partial charge in [0.1, 0.15) is 0 Å². The number of aliphatic carboxylic acids is 1. The first-order valence-corrected chi connectivity index (χ1v) is 6.89. The number of rotatable bonds is 3. The summed E-state index contributed by atoms with van der Waals surface area (Å²) in [5, 5.41) is 8.77. The van der Waals surface area contributed by atoms with Crippen molar-refractivity contribution in [1.29, 1.82) is 0 Å². The molecule has 0 spiro atoms. The molecule has 2 saturated heterocycles. The zero-order valence-corrected chi connectivity index (χ0v) is 11.4. The second kappa shape index (κ2) is 6.23. The summed E-state index contributed by atoms with van der Waals surface area (Å²) in [5.41, 5.74) is 0. The van der Waals surface area contributed by atoms with Crippen molar-refractivity contribution in [3.8, 4) is 0 Å². The highest BCUT2D eigenvalue weighted by Crippen LogP contribution is 2.22. The maximum atomic E-state index is 12.3. The van der Waals surface area contributed by atoms with Crippen LogP contribution in [0.2, 0.25) is 0 Å². The second-order valence-electron chi connectivity index (χ2n) is 5.44. The van der Waals surface area contributed by atoms with Crippen molar-refractivity contribution in [2.45, 2.75) is 31.7 Å². The van der Waals surface area contributed by atoms with Gasteiger partial charge in [0.2, 0.25) is 0 Å². The van der Waals surface area contributed by atoms with Gasteiger partial charge in [-0.2, -0.15) is 0 Å². The first kappa shape index (κ1) is 14.1. The standard InChI is InChI=1S/C13H22N2O4/c1-14(11-4-7-19-9-11)13(18)15-5-2-10(3-6-15)8-12(16)17/h10-11H,2-9H2,1H3,(H,16,17). The van der Waals surface area contributed by atoms with Gasteiger partial charge >= 0.3 is 12.0 Å². The highest BCUT2D eigenvalue weighted by atomic mass is 16.5. The summed E-state index contributed by atoms with van der Waals surface area (Å²) in [7, 11) is 1.82. The third kappa shape index (κ3) is 3.59. The van der Waals surface area contributed by atoms with Crippen molar-refractivity contribution in [3.05, 3.63) is 0 Å². The van der Waals surface area contributed by atoms with Gasteiger partial charge in [0.05, 0.1) is 12.6 Å². The minimum absolute atomic E-state index is 0.0456. The fraction of sp³-hybridized carbons (Fsp3) is 0.846. The van der Waals surface area contributed by atoms with Crippen molar-refractivity contribution in [3.63, 3.8) is 0 Å². The molecule has 2 amide bonds. The molecule has 6 nitrogen and oxygen atoms in total. The number of likely N-dealkylation sites (N-methyl/N-ethyl adjacent to an activating group) is 1. The molecule has 0 aromatic rings. The van der Waals surface area contributed by atoms with Crippen LogP contribution in [0.25, 0.3) is 0 Å². The number of carbonyl (C=O) groups is 2. The molecule has 1 unspecified atom stereocenters. The van der Waals surface area contributed by atoms with Gasteiger partial charge < -0.3 is 19.6 Å². The SMILES string of the molecule is CN(C(=O)N1CCC(CC(=O)O)CC1)C1CCOC1. The van der Waals surface area contributed by atoms with Gasteiger partial charge in [-0.15, -0.1) is 0 Å². The average Bonchev–Trinajstić information content (AvgIpc) is 2.91. The van der Waals surface area contributed by atoms with E-state index in [1.807, 2.05) is 11.9 Å². The summed E-state index contributed by atoms with van der Waals surface area (Å²) in [4.78, 5) is 26.6. The smallest absolute Gasteiger partial charge is 0.320 e. The van der Waals surface area contributed by atoms with E-state index in [2.05, 4.69) is 0 Å². The van der Waals surface area contributed by atoms with Gasteiger partial charge in [0.15, 0.2) is 0 Å². The van der Waals surface area contributed by atoms with E-state index < -0.39 is 5.97 Å². The van der Waals surface area contributed by atoms with Gasteiger partial charge in [-0.05, 0) is 25.2 Å². The van der Waals surface area contributed by atoms with Gasteiger partial charge in [0.25, 0.3) is 0 Å². The predicted octanol–water partition coefficient (Wildman–Crippen LogP) is 1.01. The largest absolute Gasteiger partial charge is 0.481 e. The lowest BCUT2D eigenvalue weighted by Gasteiger charge is -2.35. The first-order valence-electron chi connectivity index (χ1n) is 6.89. The summed E-state index contributed by atoms with van der Waals surface area (Å²) in [6, 6.07) is 0.230. The summed E-state index contributed by atoms with van der Waals surface area (Å²) in [6.45, 7) is 2.67. The molecule has 0 bridgehead atoms. The van der Waals surface area contributed by atoms with E-state index in [-0.39, 0.29) is 24.4 Å². The molecule has 6 heteroatoms. The third-order valence-corrected chi connectivity index (χ3v) is 4.10. The Kier molecular flexibility index (Phi) is 4.63. The van der Waals surface area contributed by atoms with Crippen LogP contribution in [0.1, 0.15) is 25.7 Å². The Labute approximate surface area is 113 Å². The molecule has 2 fully saturated rings. The molecule has 0 saturated carbocycles. The van der Waals surface area contributed by atoms with Crippen LogP contribution in [0.3, 0.4) is 0 Å². The molecule has 19 heavy (non-hydrogen) atoms. The molecule has 108 valence electrons. The van der Waals surface area contributed by atoms with Gasteiger partial charge in [-0.25, -0.2) is 4.79 Å². The Morgan fingerprint density at radius 1 is 1.32 bits per heavy atom. The maximum Gasteiger partial charge on any atom is 0.320 e. The molecule has 2 heterocycles. The minimum atomic E-state index is -0.745. The molecule has 0 aliphatic carbocycles. The van der Waals surface area contributed by atoms with Gasteiger partial charge in [0, 0.05) is 33.2 Å². The van der Waals surface area contributed by atoms with Crippen LogP contribution in [-0.4, -0.2) is 66.3 Å². The lowest BCUT2D eigenvalue weighted by atomic mass is 9.94. The molecule has 0 aromatic carbocycles. The molecule has 2 rings (SSSR count). The molecule has 0 aromatic heterocycles. The molecule has 1 atom stereocenters.